The van der Waals surface area contributed by atoms with Crippen LogP contribution in [0.3, 0.4) is 0 Å². The van der Waals surface area contributed by atoms with Gasteiger partial charge in [-0.15, -0.1) is 0 Å². The van der Waals surface area contributed by atoms with Crippen molar-refractivity contribution >= 4 is 27.5 Å². The first-order valence-electron chi connectivity index (χ1n) is 6.52. The lowest BCUT2D eigenvalue weighted by Crippen LogP contribution is -1.88. The number of hydrogen-bond acceptors (Lipinski definition) is 1. The fourth-order valence-corrected chi connectivity index (χ4v) is 2.72. The van der Waals surface area contributed by atoms with Gasteiger partial charge in [0, 0.05) is 5.56 Å². The number of para-hydroxylation sites is 1. The summed E-state index contributed by atoms with van der Waals surface area (Å²) in [6.45, 7) is 0. The lowest BCUT2D eigenvalue weighted by atomic mass is 10.1. The first-order valence-corrected chi connectivity index (χ1v) is 7.69. The van der Waals surface area contributed by atoms with Crippen molar-refractivity contribution in [3.63, 3.8) is 0 Å². The summed E-state index contributed by atoms with van der Waals surface area (Å²) in [5, 5.41) is 0.611. The molecule has 0 heterocycles. The zero-order valence-corrected chi connectivity index (χ0v) is 13.4. The van der Waals surface area contributed by atoms with Gasteiger partial charge in [0.1, 0.15) is 11.5 Å². The second-order valence-corrected chi connectivity index (χ2v) is 5.75. The van der Waals surface area contributed by atoms with Crippen molar-refractivity contribution in [3.05, 3.63) is 82.3 Å². The van der Waals surface area contributed by atoms with E-state index in [4.69, 9.17) is 16.3 Å². The number of benzene rings is 3. The van der Waals surface area contributed by atoms with E-state index in [1.54, 1.807) is 0 Å². The second kappa shape index (κ2) is 6.33. The molecule has 0 aliphatic carbocycles. The standard InChI is InChI=1S/C18H12BrClO/c19-15-10-4-5-11-16(15)21-17-12-6-9-14(18(17)20)13-7-2-1-3-8-13/h1-12H. The Morgan fingerprint density at radius 3 is 2.14 bits per heavy atom. The average molecular weight is 360 g/mol. The largest absolute Gasteiger partial charge is 0.455 e. The van der Waals surface area contributed by atoms with Crippen LogP contribution >= 0.6 is 27.5 Å². The van der Waals surface area contributed by atoms with Gasteiger partial charge in [0.25, 0.3) is 0 Å². The van der Waals surface area contributed by atoms with Gasteiger partial charge < -0.3 is 4.74 Å². The molecule has 0 saturated heterocycles. The molecule has 21 heavy (non-hydrogen) atoms. The molecule has 1 nitrogen and oxygen atoms in total. The maximum atomic E-state index is 6.51. The van der Waals surface area contributed by atoms with Crippen LogP contribution in [-0.2, 0) is 0 Å². The summed E-state index contributed by atoms with van der Waals surface area (Å²) in [6.07, 6.45) is 0. The van der Waals surface area contributed by atoms with E-state index >= 15 is 0 Å². The molecule has 0 aliphatic heterocycles. The Morgan fingerprint density at radius 1 is 0.714 bits per heavy atom. The van der Waals surface area contributed by atoms with Crippen molar-refractivity contribution in [2.45, 2.75) is 0 Å². The third-order valence-electron chi connectivity index (χ3n) is 3.10. The monoisotopic (exact) mass is 358 g/mol. The Kier molecular flexibility index (Phi) is 4.28. The minimum Gasteiger partial charge on any atom is -0.455 e. The summed E-state index contributed by atoms with van der Waals surface area (Å²) in [7, 11) is 0. The van der Waals surface area contributed by atoms with E-state index < -0.39 is 0 Å². The van der Waals surface area contributed by atoms with Crippen LogP contribution in [0.1, 0.15) is 0 Å². The van der Waals surface area contributed by atoms with Crippen molar-refractivity contribution in [2.24, 2.45) is 0 Å². The number of rotatable bonds is 3. The Bertz CT molecular complexity index is 756. The maximum Gasteiger partial charge on any atom is 0.146 e. The number of halogens is 2. The third kappa shape index (κ3) is 3.12. The van der Waals surface area contributed by atoms with Crippen LogP contribution < -0.4 is 4.74 Å². The molecule has 0 radical (unpaired) electrons. The lowest BCUT2D eigenvalue weighted by molar-refractivity contribution is 0.480. The second-order valence-electron chi connectivity index (χ2n) is 4.52. The van der Waals surface area contributed by atoms with Crippen LogP contribution in [0.25, 0.3) is 11.1 Å². The highest BCUT2D eigenvalue weighted by Crippen LogP contribution is 2.38. The first-order chi connectivity index (χ1) is 10.3. The van der Waals surface area contributed by atoms with E-state index in [1.807, 2.05) is 72.8 Å². The highest BCUT2D eigenvalue weighted by atomic mass is 79.9. The average Bonchev–Trinajstić information content (AvgIpc) is 2.52. The van der Waals surface area contributed by atoms with Crippen molar-refractivity contribution in [3.8, 4) is 22.6 Å². The van der Waals surface area contributed by atoms with Gasteiger partial charge in [-0.2, -0.15) is 0 Å². The van der Waals surface area contributed by atoms with E-state index in [-0.39, 0.29) is 0 Å². The van der Waals surface area contributed by atoms with Crippen molar-refractivity contribution in [1.29, 1.82) is 0 Å². The molecule has 3 rings (SSSR count). The zero-order chi connectivity index (χ0) is 14.7. The SMILES string of the molecule is Clc1c(Oc2ccccc2Br)cccc1-c1ccccc1. The van der Waals surface area contributed by atoms with E-state index in [0.29, 0.717) is 10.8 Å². The van der Waals surface area contributed by atoms with E-state index in [0.717, 1.165) is 21.3 Å². The molecule has 0 amide bonds. The van der Waals surface area contributed by atoms with Gasteiger partial charge >= 0.3 is 0 Å². The van der Waals surface area contributed by atoms with Gasteiger partial charge in [-0.25, -0.2) is 0 Å². The van der Waals surface area contributed by atoms with E-state index in [2.05, 4.69) is 15.9 Å². The molecule has 0 spiro atoms. The van der Waals surface area contributed by atoms with Gasteiger partial charge in [-0.3, -0.25) is 0 Å². The molecule has 0 bridgehead atoms. The quantitative estimate of drug-likeness (QED) is 0.514. The summed E-state index contributed by atoms with van der Waals surface area (Å²) in [4.78, 5) is 0. The number of hydrogen-bond donors (Lipinski definition) is 0. The van der Waals surface area contributed by atoms with Gasteiger partial charge in [-0.05, 0) is 39.7 Å². The third-order valence-corrected chi connectivity index (χ3v) is 4.15. The van der Waals surface area contributed by atoms with Crippen LogP contribution in [-0.4, -0.2) is 0 Å². The lowest BCUT2D eigenvalue weighted by Gasteiger charge is -2.12. The summed E-state index contributed by atoms with van der Waals surface area (Å²) >= 11 is 9.98. The summed E-state index contributed by atoms with van der Waals surface area (Å²) in [5.74, 6) is 1.38. The highest BCUT2D eigenvalue weighted by molar-refractivity contribution is 9.10. The Morgan fingerprint density at radius 2 is 1.38 bits per heavy atom. The van der Waals surface area contributed by atoms with Gasteiger partial charge in [0.05, 0.1) is 9.50 Å². The molecular formula is C18H12BrClO. The Balaban J connectivity index is 2.00. The molecule has 0 aliphatic rings. The summed E-state index contributed by atoms with van der Waals surface area (Å²) < 4.78 is 6.82. The van der Waals surface area contributed by atoms with Gasteiger partial charge in [-0.1, -0.05) is 66.2 Å². The molecular weight excluding hydrogens is 348 g/mol. The zero-order valence-electron chi connectivity index (χ0n) is 11.1. The van der Waals surface area contributed by atoms with E-state index in [9.17, 15) is 0 Å². The molecule has 3 heteroatoms. The smallest absolute Gasteiger partial charge is 0.146 e. The fourth-order valence-electron chi connectivity index (χ4n) is 2.08. The molecule has 0 atom stereocenters. The fraction of sp³-hybridized carbons (Fsp3) is 0. The summed E-state index contributed by atoms with van der Waals surface area (Å²) in [6, 6.07) is 23.5. The number of ether oxygens (including phenoxy) is 1. The first kappa shape index (κ1) is 14.2. The van der Waals surface area contributed by atoms with Crippen molar-refractivity contribution < 1.29 is 4.74 Å². The van der Waals surface area contributed by atoms with Crippen LogP contribution in [0.4, 0.5) is 0 Å². The normalized spacial score (nSPS) is 10.4. The predicted molar refractivity (Wildman–Crippen MR) is 91.1 cm³/mol. The van der Waals surface area contributed by atoms with Crippen LogP contribution in [0.15, 0.2) is 77.3 Å². The molecule has 3 aromatic carbocycles. The molecule has 0 fully saturated rings. The molecule has 0 N–H and O–H groups in total. The van der Waals surface area contributed by atoms with E-state index in [1.165, 1.54) is 0 Å². The predicted octanol–water partition coefficient (Wildman–Crippen LogP) is 6.56. The Hall–Kier alpha value is -1.77. The maximum absolute atomic E-state index is 6.51. The van der Waals surface area contributed by atoms with Gasteiger partial charge in [0.2, 0.25) is 0 Å². The minimum absolute atomic E-state index is 0.611. The molecule has 0 saturated carbocycles. The highest BCUT2D eigenvalue weighted by Gasteiger charge is 2.10. The minimum atomic E-state index is 0.611. The van der Waals surface area contributed by atoms with Crippen molar-refractivity contribution in [2.75, 3.05) is 0 Å². The Labute approximate surface area is 137 Å². The van der Waals surface area contributed by atoms with Gasteiger partial charge in [0.15, 0.2) is 0 Å². The van der Waals surface area contributed by atoms with Crippen LogP contribution in [0.2, 0.25) is 5.02 Å². The molecule has 104 valence electrons. The molecule has 0 aromatic heterocycles. The topological polar surface area (TPSA) is 9.23 Å². The van der Waals surface area contributed by atoms with Crippen LogP contribution in [0.5, 0.6) is 11.5 Å². The summed E-state index contributed by atoms with van der Waals surface area (Å²) in [5.41, 5.74) is 2.03. The molecule has 0 unspecified atom stereocenters. The van der Waals surface area contributed by atoms with Crippen molar-refractivity contribution in [1.82, 2.24) is 0 Å². The molecule has 3 aromatic rings. The van der Waals surface area contributed by atoms with Crippen LogP contribution in [0, 0.1) is 0 Å².